The van der Waals surface area contributed by atoms with Crippen molar-refractivity contribution in [2.45, 2.75) is 18.4 Å². The molecule has 22 heavy (non-hydrogen) atoms. The minimum Gasteiger partial charge on any atom is -0.371 e. The summed E-state index contributed by atoms with van der Waals surface area (Å²) in [5.41, 5.74) is 0.320. The number of ether oxygens (including phenoxy) is 1. The number of hydrogen-bond acceptors (Lipinski definition) is 5. The van der Waals surface area contributed by atoms with Crippen LogP contribution in [0.2, 0.25) is 0 Å². The van der Waals surface area contributed by atoms with E-state index in [1.807, 2.05) is 21.7 Å². The third kappa shape index (κ3) is 3.19. The van der Waals surface area contributed by atoms with Gasteiger partial charge in [0.1, 0.15) is 0 Å². The molecule has 0 aliphatic carbocycles. The average Bonchev–Trinajstić information content (AvgIpc) is 3.00. The number of nitrogens with zero attached hydrogens (tertiary/aromatic N) is 2. The molecule has 2 fully saturated rings. The molecule has 3 rings (SSSR count). The van der Waals surface area contributed by atoms with Gasteiger partial charge in [0, 0.05) is 25.0 Å². The first-order valence-corrected chi connectivity index (χ1v) is 10.1. The zero-order chi connectivity index (χ0) is 15.8. The zero-order valence-corrected chi connectivity index (χ0v) is 14.2. The highest BCUT2D eigenvalue weighted by Gasteiger charge is 2.42. The number of sulfonamides is 1. The molecule has 2 aliphatic rings. The number of hydrogen-bond donors (Lipinski definition) is 0. The molecule has 0 aromatic carbocycles. The van der Waals surface area contributed by atoms with Crippen molar-refractivity contribution < 1.29 is 17.9 Å². The lowest BCUT2D eigenvalue weighted by atomic mass is 9.90. The molecule has 0 bridgehead atoms. The SMILES string of the molecule is CS(=O)(=O)N1CCC2(CC1)CN(C(=O)c1ccsc1)CCO2. The van der Waals surface area contributed by atoms with E-state index in [-0.39, 0.29) is 5.91 Å². The molecule has 0 atom stereocenters. The first-order valence-electron chi connectivity index (χ1n) is 7.30. The number of thiophene rings is 1. The number of rotatable bonds is 2. The fourth-order valence-electron chi connectivity index (χ4n) is 3.11. The smallest absolute Gasteiger partial charge is 0.254 e. The molecule has 0 N–H and O–H groups in total. The monoisotopic (exact) mass is 344 g/mol. The van der Waals surface area contributed by atoms with Crippen molar-refractivity contribution >= 4 is 27.3 Å². The maximum atomic E-state index is 12.5. The van der Waals surface area contributed by atoms with Crippen LogP contribution < -0.4 is 0 Å². The Morgan fingerprint density at radius 1 is 1.32 bits per heavy atom. The Kier molecular flexibility index (Phi) is 4.28. The van der Waals surface area contributed by atoms with Gasteiger partial charge in [-0.25, -0.2) is 12.7 Å². The van der Waals surface area contributed by atoms with Gasteiger partial charge >= 0.3 is 0 Å². The molecule has 6 nitrogen and oxygen atoms in total. The molecule has 122 valence electrons. The lowest BCUT2D eigenvalue weighted by Gasteiger charge is -2.46. The van der Waals surface area contributed by atoms with Gasteiger partial charge in [-0.2, -0.15) is 11.3 Å². The Morgan fingerprint density at radius 3 is 2.64 bits per heavy atom. The van der Waals surface area contributed by atoms with E-state index in [9.17, 15) is 13.2 Å². The molecule has 2 aliphatic heterocycles. The van der Waals surface area contributed by atoms with Crippen LogP contribution >= 0.6 is 11.3 Å². The van der Waals surface area contributed by atoms with E-state index in [1.54, 1.807) is 0 Å². The Hall–Kier alpha value is -0.960. The van der Waals surface area contributed by atoms with Gasteiger partial charge in [0.25, 0.3) is 5.91 Å². The van der Waals surface area contributed by atoms with Crippen molar-refractivity contribution in [2.75, 3.05) is 39.0 Å². The van der Waals surface area contributed by atoms with Gasteiger partial charge in [0.2, 0.25) is 10.0 Å². The maximum absolute atomic E-state index is 12.5. The van der Waals surface area contributed by atoms with E-state index in [4.69, 9.17) is 4.74 Å². The average molecular weight is 344 g/mol. The van der Waals surface area contributed by atoms with E-state index < -0.39 is 15.6 Å². The predicted octanol–water partition coefficient (Wildman–Crippen LogP) is 1.01. The lowest BCUT2D eigenvalue weighted by molar-refractivity contribution is -0.120. The second-order valence-electron chi connectivity index (χ2n) is 5.93. The van der Waals surface area contributed by atoms with Crippen molar-refractivity contribution in [3.8, 4) is 0 Å². The van der Waals surface area contributed by atoms with Crippen LogP contribution in [0.1, 0.15) is 23.2 Å². The van der Waals surface area contributed by atoms with Crippen LogP contribution in [-0.2, 0) is 14.8 Å². The van der Waals surface area contributed by atoms with Crippen molar-refractivity contribution in [1.29, 1.82) is 0 Å². The summed E-state index contributed by atoms with van der Waals surface area (Å²) in [7, 11) is -3.15. The molecular weight excluding hydrogens is 324 g/mol. The summed E-state index contributed by atoms with van der Waals surface area (Å²) in [6.07, 6.45) is 2.50. The lowest BCUT2D eigenvalue weighted by Crippen LogP contribution is -2.58. The van der Waals surface area contributed by atoms with Crippen molar-refractivity contribution in [1.82, 2.24) is 9.21 Å². The molecule has 0 radical (unpaired) electrons. The van der Waals surface area contributed by atoms with Crippen molar-refractivity contribution in [3.05, 3.63) is 22.4 Å². The standard InChI is InChI=1S/C14H20N2O4S2/c1-22(18,19)16-5-3-14(4-6-16)11-15(7-8-20-14)13(17)12-2-9-21-10-12/h2,9-10H,3-8,11H2,1H3. The molecule has 3 heterocycles. The maximum Gasteiger partial charge on any atom is 0.254 e. The summed E-state index contributed by atoms with van der Waals surface area (Å²) in [6.45, 7) is 2.55. The molecule has 0 unspecified atom stereocenters. The highest BCUT2D eigenvalue weighted by Crippen LogP contribution is 2.31. The number of amides is 1. The van der Waals surface area contributed by atoms with Gasteiger partial charge in [-0.3, -0.25) is 4.79 Å². The largest absolute Gasteiger partial charge is 0.371 e. The first kappa shape index (κ1) is 15.9. The van der Waals surface area contributed by atoms with Crippen LogP contribution in [0.25, 0.3) is 0 Å². The van der Waals surface area contributed by atoms with Crippen LogP contribution in [0.15, 0.2) is 16.8 Å². The van der Waals surface area contributed by atoms with Crippen molar-refractivity contribution in [3.63, 3.8) is 0 Å². The molecule has 1 amide bonds. The number of carbonyl (C=O) groups excluding carboxylic acids is 1. The summed E-state index contributed by atoms with van der Waals surface area (Å²) in [6, 6.07) is 1.83. The summed E-state index contributed by atoms with van der Waals surface area (Å²) >= 11 is 1.51. The summed E-state index contributed by atoms with van der Waals surface area (Å²) < 4.78 is 30.7. The summed E-state index contributed by atoms with van der Waals surface area (Å²) in [4.78, 5) is 14.3. The third-order valence-corrected chi connectivity index (χ3v) is 6.39. The van der Waals surface area contributed by atoms with Gasteiger partial charge in [0.15, 0.2) is 0 Å². The minimum atomic E-state index is -3.15. The molecular formula is C14H20N2O4S2. The van der Waals surface area contributed by atoms with Crippen LogP contribution in [0.3, 0.4) is 0 Å². The van der Waals surface area contributed by atoms with Gasteiger partial charge in [0.05, 0.1) is 30.6 Å². The topological polar surface area (TPSA) is 66.9 Å². The summed E-state index contributed by atoms with van der Waals surface area (Å²) in [5, 5.41) is 3.75. The third-order valence-electron chi connectivity index (χ3n) is 4.41. The molecule has 2 saturated heterocycles. The Labute approximate surface area is 134 Å². The van der Waals surface area contributed by atoms with Gasteiger partial charge < -0.3 is 9.64 Å². The van der Waals surface area contributed by atoms with Crippen molar-refractivity contribution in [2.24, 2.45) is 0 Å². The predicted molar refractivity (Wildman–Crippen MR) is 84.6 cm³/mol. The van der Waals surface area contributed by atoms with E-state index in [0.29, 0.717) is 45.6 Å². The highest BCUT2D eigenvalue weighted by atomic mass is 32.2. The van der Waals surface area contributed by atoms with E-state index >= 15 is 0 Å². The summed E-state index contributed by atoms with van der Waals surface area (Å²) in [5.74, 6) is 0.0365. The number of piperidine rings is 1. The van der Waals surface area contributed by atoms with Crippen LogP contribution in [-0.4, -0.2) is 68.2 Å². The van der Waals surface area contributed by atoms with Crippen LogP contribution in [0.5, 0.6) is 0 Å². The Morgan fingerprint density at radius 2 is 2.05 bits per heavy atom. The number of carbonyl (C=O) groups is 1. The fourth-order valence-corrected chi connectivity index (χ4v) is 4.59. The van der Waals surface area contributed by atoms with Gasteiger partial charge in [-0.1, -0.05) is 0 Å². The second kappa shape index (κ2) is 5.92. The molecule has 0 saturated carbocycles. The van der Waals surface area contributed by atoms with Crippen LogP contribution in [0.4, 0.5) is 0 Å². The second-order valence-corrected chi connectivity index (χ2v) is 8.69. The number of morpholine rings is 1. The highest BCUT2D eigenvalue weighted by molar-refractivity contribution is 7.88. The Bertz CT molecular complexity index is 634. The Balaban J connectivity index is 1.68. The molecule has 1 spiro atoms. The quantitative estimate of drug-likeness (QED) is 0.803. The first-order chi connectivity index (χ1) is 10.4. The van der Waals surface area contributed by atoms with Gasteiger partial charge in [-0.05, 0) is 24.3 Å². The molecule has 8 heteroatoms. The molecule has 1 aromatic rings. The van der Waals surface area contributed by atoms with E-state index in [2.05, 4.69) is 0 Å². The van der Waals surface area contributed by atoms with E-state index in [0.717, 1.165) is 5.56 Å². The fraction of sp³-hybridized carbons (Fsp3) is 0.643. The molecule has 1 aromatic heterocycles. The minimum absolute atomic E-state index is 0.0365. The normalized spacial score (nSPS) is 22.9. The van der Waals surface area contributed by atoms with Crippen LogP contribution in [0, 0.1) is 0 Å². The van der Waals surface area contributed by atoms with Gasteiger partial charge in [-0.15, -0.1) is 0 Å². The zero-order valence-electron chi connectivity index (χ0n) is 12.5. The van der Waals surface area contributed by atoms with E-state index in [1.165, 1.54) is 21.9 Å².